The molecule has 2 nitrogen and oxygen atoms in total. The first-order valence-corrected chi connectivity index (χ1v) is 7.80. The number of rotatable bonds is 5. The molecule has 2 heterocycles. The van der Waals surface area contributed by atoms with Gasteiger partial charge in [0.05, 0.1) is 0 Å². The lowest BCUT2D eigenvalue weighted by Crippen LogP contribution is -2.32. The van der Waals surface area contributed by atoms with Gasteiger partial charge in [-0.2, -0.15) is 0 Å². The Kier molecular flexibility index (Phi) is 5.65. The molecule has 0 atom stereocenters. The van der Waals surface area contributed by atoms with Crippen molar-refractivity contribution in [2.24, 2.45) is 0 Å². The Hall–Kier alpha value is -2.22. The van der Waals surface area contributed by atoms with Gasteiger partial charge >= 0.3 is 0 Å². The average Bonchev–Trinajstić information content (AvgIpc) is 2.52. The van der Waals surface area contributed by atoms with E-state index < -0.39 is 0 Å². The zero-order valence-electron chi connectivity index (χ0n) is 14.1. The fourth-order valence-corrected chi connectivity index (χ4v) is 2.12. The van der Waals surface area contributed by atoms with Crippen molar-refractivity contribution >= 4 is 0 Å². The van der Waals surface area contributed by atoms with Crippen LogP contribution in [0.15, 0.2) is 72.4 Å². The third-order valence-corrected chi connectivity index (χ3v) is 3.54. The van der Waals surface area contributed by atoms with Gasteiger partial charge in [-0.05, 0) is 51.0 Å². The summed E-state index contributed by atoms with van der Waals surface area (Å²) in [7, 11) is 0. The first kappa shape index (κ1) is 16.2. The third kappa shape index (κ3) is 4.96. The number of allylic oxidation sites excluding steroid dienone is 4. The Labute approximate surface area is 134 Å². The number of hydrogen-bond donors (Lipinski definition) is 0. The Balaban J connectivity index is 2.08. The van der Waals surface area contributed by atoms with Gasteiger partial charge in [0.2, 0.25) is 0 Å². The predicted molar refractivity (Wildman–Crippen MR) is 91.1 cm³/mol. The molecule has 22 heavy (non-hydrogen) atoms. The molecular weight excluding hydrogens is 268 g/mol. The normalized spacial score (nSPS) is 10.2. The number of aromatic nitrogens is 2. The van der Waals surface area contributed by atoms with Crippen molar-refractivity contribution in [2.75, 3.05) is 0 Å². The third-order valence-electron chi connectivity index (χ3n) is 3.54. The molecule has 114 valence electrons. The summed E-state index contributed by atoms with van der Waals surface area (Å²) in [5.74, 6) is 0. The lowest BCUT2D eigenvalue weighted by atomic mass is 10.1. The van der Waals surface area contributed by atoms with Crippen LogP contribution >= 0.6 is 0 Å². The molecule has 0 N–H and O–H groups in total. The SMILES string of the molecule is CC(C)=CC[n+]1ccc(-c2cc[n+](CC=C(C)C)cc2)cc1. The smallest absolute Gasteiger partial charge is 0.169 e. The van der Waals surface area contributed by atoms with Crippen LogP contribution < -0.4 is 9.13 Å². The second kappa shape index (κ2) is 7.69. The maximum Gasteiger partial charge on any atom is 0.169 e. The molecule has 0 aliphatic carbocycles. The van der Waals surface area contributed by atoms with Crippen molar-refractivity contribution in [1.29, 1.82) is 0 Å². The van der Waals surface area contributed by atoms with Crippen LogP contribution in [0.2, 0.25) is 0 Å². The van der Waals surface area contributed by atoms with Crippen LogP contribution in [-0.2, 0) is 13.1 Å². The Morgan fingerprint density at radius 2 is 1.00 bits per heavy atom. The minimum absolute atomic E-state index is 0.931. The van der Waals surface area contributed by atoms with Gasteiger partial charge in [-0.25, -0.2) is 9.13 Å². The highest BCUT2D eigenvalue weighted by Crippen LogP contribution is 2.15. The van der Waals surface area contributed by atoms with Gasteiger partial charge in [0.25, 0.3) is 0 Å². The Bertz CT molecular complexity index is 592. The van der Waals surface area contributed by atoms with E-state index >= 15 is 0 Å². The predicted octanol–water partition coefficient (Wildman–Crippen LogP) is 3.86. The number of nitrogens with zero attached hydrogens (tertiary/aromatic N) is 2. The van der Waals surface area contributed by atoms with Gasteiger partial charge in [0.15, 0.2) is 37.9 Å². The molecule has 0 aliphatic heterocycles. The highest BCUT2D eigenvalue weighted by molar-refractivity contribution is 5.60. The second-order valence-electron chi connectivity index (χ2n) is 6.13. The van der Waals surface area contributed by atoms with E-state index in [0.29, 0.717) is 0 Å². The first-order valence-electron chi connectivity index (χ1n) is 7.80. The minimum atomic E-state index is 0.931. The molecule has 2 rings (SSSR count). The highest BCUT2D eigenvalue weighted by atomic mass is 14.9. The largest absolute Gasteiger partial charge is 0.201 e. The van der Waals surface area contributed by atoms with Gasteiger partial charge in [-0.1, -0.05) is 11.1 Å². The summed E-state index contributed by atoms with van der Waals surface area (Å²) in [6, 6.07) is 8.70. The van der Waals surface area contributed by atoms with E-state index in [1.54, 1.807) is 0 Å². The summed E-state index contributed by atoms with van der Waals surface area (Å²) >= 11 is 0. The van der Waals surface area contributed by atoms with E-state index in [4.69, 9.17) is 0 Å². The van der Waals surface area contributed by atoms with Crippen molar-refractivity contribution < 1.29 is 9.13 Å². The maximum atomic E-state index is 2.23. The summed E-state index contributed by atoms with van der Waals surface area (Å²) in [4.78, 5) is 0. The zero-order chi connectivity index (χ0) is 15.9. The number of pyridine rings is 2. The molecule has 0 radical (unpaired) electrons. The lowest BCUT2D eigenvalue weighted by molar-refractivity contribution is -0.687. The topological polar surface area (TPSA) is 7.76 Å². The number of hydrogen-bond acceptors (Lipinski definition) is 0. The van der Waals surface area contributed by atoms with E-state index in [2.05, 4.69) is 98.0 Å². The van der Waals surface area contributed by atoms with Crippen LogP contribution in [-0.4, -0.2) is 0 Å². The van der Waals surface area contributed by atoms with Crippen molar-refractivity contribution in [1.82, 2.24) is 0 Å². The van der Waals surface area contributed by atoms with Crippen LogP contribution in [0.1, 0.15) is 27.7 Å². The molecule has 0 aromatic carbocycles. The summed E-state index contributed by atoms with van der Waals surface area (Å²) in [5.41, 5.74) is 5.20. The van der Waals surface area contributed by atoms with E-state index in [0.717, 1.165) is 13.1 Å². The van der Waals surface area contributed by atoms with Gasteiger partial charge in [0.1, 0.15) is 0 Å². The van der Waals surface area contributed by atoms with Crippen molar-refractivity contribution in [3.05, 3.63) is 72.4 Å². The van der Waals surface area contributed by atoms with Gasteiger partial charge in [0, 0.05) is 24.3 Å². The fourth-order valence-electron chi connectivity index (χ4n) is 2.12. The van der Waals surface area contributed by atoms with Gasteiger partial charge in [-0.3, -0.25) is 0 Å². The summed E-state index contributed by atoms with van der Waals surface area (Å²) in [6.07, 6.45) is 13.0. The molecular formula is C20H26N2+2. The highest BCUT2D eigenvalue weighted by Gasteiger charge is 2.04. The summed E-state index contributed by atoms with van der Waals surface area (Å²) < 4.78 is 4.38. The summed E-state index contributed by atoms with van der Waals surface area (Å²) in [6.45, 7) is 10.4. The van der Waals surface area contributed by atoms with E-state index in [1.165, 1.54) is 22.3 Å². The molecule has 0 spiro atoms. The second-order valence-corrected chi connectivity index (χ2v) is 6.13. The maximum absolute atomic E-state index is 2.23. The van der Waals surface area contributed by atoms with Crippen LogP contribution in [0.5, 0.6) is 0 Å². The molecule has 2 aromatic heterocycles. The van der Waals surface area contributed by atoms with Crippen LogP contribution in [0.3, 0.4) is 0 Å². The van der Waals surface area contributed by atoms with Gasteiger partial charge in [-0.15, -0.1) is 0 Å². The van der Waals surface area contributed by atoms with Crippen molar-refractivity contribution in [2.45, 2.75) is 40.8 Å². The van der Waals surface area contributed by atoms with E-state index in [9.17, 15) is 0 Å². The van der Waals surface area contributed by atoms with Crippen LogP contribution in [0.4, 0.5) is 0 Å². The lowest BCUT2D eigenvalue weighted by Gasteiger charge is -2.00. The molecule has 0 unspecified atom stereocenters. The molecule has 0 bridgehead atoms. The first-order chi connectivity index (χ1) is 10.5. The van der Waals surface area contributed by atoms with E-state index in [-0.39, 0.29) is 0 Å². The summed E-state index contributed by atoms with van der Waals surface area (Å²) in [5, 5.41) is 0. The molecule has 0 saturated carbocycles. The Morgan fingerprint density at radius 1 is 0.682 bits per heavy atom. The average molecular weight is 294 g/mol. The molecule has 0 aliphatic rings. The molecule has 0 amide bonds. The minimum Gasteiger partial charge on any atom is -0.201 e. The standard InChI is InChI=1S/C20H26N2/c1-17(2)5-11-21-13-7-19(8-14-21)20-9-15-22(16-10-20)12-6-18(3)4/h5-10,13-16H,11-12H2,1-4H3/q+2. The quantitative estimate of drug-likeness (QED) is 0.584. The van der Waals surface area contributed by atoms with E-state index in [1.807, 2.05) is 0 Å². The van der Waals surface area contributed by atoms with Crippen molar-refractivity contribution in [3.63, 3.8) is 0 Å². The molecule has 2 heteroatoms. The molecule has 0 saturated heterocycles. The monoisotopic (exact) mass is 294 g/mol. The fraction of sp³-hybridized carbons (Fsp3) is 0.300. The van der Waals surface area contributed by atoms with Crippen molar-refractivity contribution in [3.8, 4) is 11.1 Å². The van der Waals surface area contributed by atoms with Crippen LogP contribution in [0.25, 0.3) is 11.1 Å². The molecule has 2 aromatic rings. The molecule has 0 fully saturated rings. The van der Waals surface area contributed by atoms with Crippen LogP contribution in [0, 0.1) is 0 Å². The Morgan fingerprint density at radius 3 is 1.27 bits per heavy atom. The van der Waals surface area contributed by atoms with Gasteiger partial charge < -0.3 is 0 Å². The zero-order valence-corrected chi connectivity index (χ0v) is 14.1.